The highest BCUT2D eigenvalue weighted by molar-refractivity contribution is 5.86. The van der Waals surface area contributed by atoms with E-state index in [1.807, 2.05) is 0 Å². The molecule has 0 fully saturated rings. The third-order valence-electron chi connectivity index (χ3n) is 3.29. The van der Waals surface area contributed by atoms with E-state index in [0.29, 0.717) is 18.4 Å². The smallest absolute Gasteiger partial charge is 0.224 e. The number of carbonyl (C=O) groups is 2. The molecule has 0 bridgehead atoms. The number of hydrogen-bond acceptors (Lipinski definition) is 4. The van der Waals surface area contributed by atoms with Crippen molar-refractivity contribution in [1.29, 1.82) is 0 Å². The number of carbonyl (C=O) groups excluding carboxylic acids is 2. The Balaban J connectivity index is 4.55. The lowest BCUT2D eigenvalue weighted by Gasteiger charge is -2.22. The maximum absolute atomic E-state index is 11.8. The highest BCUT2D eigenvalue weighted by Gasteiger charge is 2.17. The standard InChI is InChI=1S/C14H26N2O3/c1-6-14(2,3)8-7-13(18)16-11(9-17)12(15-4)10-19-5/h9,15H,6-8,10H2,1-5H3,(H,16,18)/b12-11+. The van der Waals surface area contributed by atoms with E-state index in [-0.39, 0.29) is 23.6 Å². The molecule has 5 heteroatoms. The normalized spacial score (nSPS) is 12.7. The van der Waals surface area contributed by atoms with Crippen molar-refractivity contribution in [2.24, 2.45) is 5.41 Å². The van der Waals surface area contributed by atoms with Crippen LogP contribution in [0.5, 0.6) is 0 Å². The average Bonchev–Trinajstić information content (AvgIpc) is 2.40. The molecule has 0 atom stereocenters. The van der Waals surface area contributed by atoms with Crippen molar-refractivity contribution in [3.8, 4) is 0 Å². The zero-order chi connectivity index (χ0) is 14.9. The molecule has 0 radical (unpaired) electrons. The molecule has 19 heavy (non-hydrogen) atoms. The van der Waals surface area contributed by atoms with Gasteiger partial charge in [0.2, 0.25) is 5.91 Å². The average molecular weight is 270 g/mol. The third kappa shape index (κ3) is 6.96. The van der Waals surface area contributed by atoms with Crippen molar-refractivity contribution in [3.63, 3.8) is 0 Å². The van der Waals surface area contributed by atoms with Gasteiger partial charge in [0.25, 0.3) is 0 Å². The molecule has 110 valence electrons. The van der Waals surface area contributed by atoms with Crippen molar-refractivity contribution in [3.05, 3.63) is 11.4 Å². The van der Waals surface area contributed by atoms with E-state index in [1.54, 1.807) is 7.05 Å². The molecule has 1 amide bonds. The zero-order valence-electron chi connectivity index (χ0n) is 12.6. The number of aldehydes is 1. The number of allylic oxidation sites excluding steroid dienone is 1. The molecule has 0 aromatic carbocycles. The molecular weight excluding hydrogens is 244 g/mol. The van der Waals surface area contributed by atoms with Crippen molar-refractivity contribution >= 4 is 12.2 Å². The number of hydrogen-bond donors (Lipinski definition) is 2. The fourth-order valence-electron chi connectivity index (χ4n) is 1.45. The lowest BCUT2D eigenvalue weighted by molar-refractivity contribution is -0.121. The molecule has 0 aliphatic heterocycles. The first-order valence-corrected chi connectivity index (χ1v) is 6.55. The second-order valence-electron chi connectivity index (χ2n) is 5.26. The fraction of sp³-hybridized carbons (Fsp3) is 0.714. The summed E-state index contributed by atoms with van der Waals surface area (Å²) < 4.78 is 4.96. The molecule has 5 nitrogen and oxygen atoms in total. The largest absolute Gasteiger partial charge is 0.388 e. The summed E-state index contributed by atoms with van der Waals surface area (Å²) in [7, 11) is 3.22. The van der Waals surface area contributed by atoms with E-state index in [1.165, 1.54) is 7.11 Å². The van der Waals surface area contributed by atoms with E-state index in [2.05, 4.69) is 31.4 Å². The van der Waals surface area contributed by atoms with Crippen LogP contribution in [-0.4, -0.2) is 33.0 Å². The van der Waals surface area contributed by atoms with E-state index < -0.39 is 0 Å². The second kappa shape index (κ2) is 8.69. The first-order chi connectivity index (χ1) is 8.90. The van der Waals surface area contributed by atoms with Gasteiger partial charge in [-0.2, -0.15) is 0 Å². The number of rotatable bonds is 9. The molecular formula is C14H26N2O3. The van der Waals surface area contributed by atoms with Gasteiger partial charge in [0, 0.05) is 20.6 Å². The number of likely N-dealkylation sites (N-methyl/N-ethyl adjacent to an activating group) is 1. The minimum absolute atomic E-state index is 0.140. The zero-order valence-corrected chi connectivity index (χ0v) is 12.6. The number of methoxy groups -OCH3 is 1. The van der Waals surface area contributed by atoms with Crippen molar-refractivity contribution in [1.82, 2.24) is 10.6 Å². The summed E-state index contributed by atoms with van der Waals surface area (Å²) in [6, 6.07) is 0. The summed E-state index contributed by atoms with van der Waals surface area (Å²) in [4.78, 5) is 22.8. The van der Waals surface area contributed by atoms with Crippen LogP contribution in [0.2, 0.25) is 0 Å². The van der Waals surface area contributed by atoms with Crippen LogP contribution in [0.3, 0.4) is 0 Å². The van der Waals surface area contributed by atoms with Crippen LogP contribution in [0.25, 0.3) is 0 Å². The van der Waals surface area contributed by atoms with Gasteiger partial charge in [-0.05, 0) is 11.8 Å². The molecule has 2 N–H and O–H groups in total. The van der Waals surface area contributed by atoms with Gasteiger partial charge in [-0.25, -0.2) is 0 Å². The molecule has 0 aliphatic rings. The molecule has 0 unspecified atom stereocenters. The van der Waals surface area contributed by atoms with Crippen LogP contribution in [0, 0.1) is 5.41 Å². The summed E-state index contributed by atoms with van der Waals surface area (Å²) in [6.07, 6.45) is 2.85. The van der Waals surface area contributed by atoms with E-state index in [4.69, 9.17) is 4.74 Å². The first-order valence-electron chi connectivity index (χ1n) is 6.55. The van der Waals surface area contributed by atoms with Crippen LogP contribution in [0.15, 0.2) is 11.4 Å². The van der Waals surface area contributed by atoms with E-state index >= 15 is 0 Å². The SMILES string of the molecule is CCC(C)(C)CCC(=O)N/C(C=O)=C(\COC)NC. The molecule has 0 aliphatic carbocycles. The Bertz CT molecular complexity index is 336. The Morgan fingerprint density at radius 3 is 2.42 bits per heavy atom. The minimum Gasteiger partial charge on any atom is -0.388 e. The van der Waals surface area contributed by atoms with Crippen LogP contribution in [-0.2, 0) is 14.3 Å². The second-order valence-corrected chi connectivity index (χ2v) is 5.26. The predicted octanol–water partition coefficient (Wildman–Crippen LogP) is 1.60. The highest BCUT2D eigenvalue weighted by Crippen LogP contribution is 2.25. The van der Waals surface area contributed by atoms with Crippen LogP contribution in [0.1, 0.15) is 40.0 Å². The maximum Gasteiger partial charge on any atom is 0.224 e. The van der Waals surface area contributed by atoms with Gasteiger partial charge >= 0.3 is 0 Å². The molecule has 0 heterocycles. The minimum atomic E-state index is -0.146. The maximum atomic E-state index is 11.8. The van der Waals surface area contributed by atoms with Crippen molar-refractivity contribution in [2.75, 3.05) is 20.8 Å². The molecule has 0 saturated carbocycles. The fourth-order valence-corrected chi connectivity index (χ4v) is 1.45. The Hall–Kier alpha value is -1.36. The monoisotopic (exact) mass is 270 g/mol. The van der Waals surface area contributed by atoms with Crippen LogP contribution < -0.4 is 10.6 Å². The summed E-state index contributed by atoms with van der Waals surface area (Å²) >= 11 is 0. The highest BCUT2D eigenvalue weighted by atomic mass is 16.5. The Morgan fingerprint density at radius 2 is 2.00 bits per heavy atom. The molecule has 0 spiro atoms. The Labute approximate surface area is 115 Å². The number of ether oxygens (including phenoxy) is 1. The lowest BCUT2D eigenvalue weighted by atomic mass is 9.85. The van der Waals surface area contributed by atoms with Gasteiger partial charge in [-0.15, -0.1) is 0 Å². The van der Waals surface area contributed by atoms with Gasteiger partial charge < -0.3 is 15.4 Å². The molecule has 0 saturated heterocycles. The van der Waals surface area contributed by atoms with Gasteiger partial charge in [0.1, 0.15) is 5.70 Å². The van der Waals surface area contributed by atoms with Crippen LogP contribution >= 0.6 is 0 Å². The third-order valence-corrected chi connectivity index (χ3v) is 3.29. The topological polar surface area (TPSA) is 67.4 Å². The summed E-state index contributed by atoms with van der Waals surface area (Å²) in [5, 5.41) is 5.48. The lowest BCUT2D eigenvalue weighted by Crippen LogP contribution is -2.29. The van der Waals surface area contributed by atoms with Gasteiger partial charge in [-0.3, -0.25) is 9.59 Å². The number of amides is 1. The van der Waals surface area contributed by atoms with E-state index in [9.17, 15) is 9.59 Å². The predicted molar refractivity (Wildman–Crippen MR) is 75.5 cm³/mol. The summed E-state index contributed by atoms with van der Waals surface area (Å²) in [6.45, 7) is 6.61. The quantitative estimate of drug-likeness (QED) is 0.493. The van der Waals surface area contributed by atoms with Gasteiger partial charge in [0.15, 0.2) is 6.29 Å². The van der Waals surface area contributed by atoms with Crippen molar-refractivity contribution < 1.29 is 14.3 Å². The van der Waals surface area contributed by atoms with E-state index in [0.717, 1.165) is 12.8 Å². The van der Waals surface area contributed by atoms with Crippen LogP contribution in [0.4, 0.5) is 0 Å². The summed E-state index contributed by atoms with van der Waals surface area (Å²) in [5.41, 5.74) is 0.949. The Kier molecular flexibility index (Phi) is 8.07. The molecule has 0 aromatic heterocycles. The molecule has 0 aromatic rings. The van der Waals surface area contributed by atoms with Gasteiger partial charge in [0.05, 0.1) is 12.3 Å². The Morgan fingerprint density at radius 1 is 1.37 bits per heavy atom. The first kappa shape index (κ1) is 17.6. The molecule has 0 rings (SSSR count). The van der Waals surface area contributed by atoms with Crippen molar-refractivity contribution in [2.45, 2.75) is 40.0 Å². The summed E-state index contributed by atoms with van der Waals surface area (Å²) in [5.74, 6) is -0.146. The van der Waals surface area contributed by atoms with Gasteiger partial charge in [-0.1, -0.05) is 27.2 Å². The number of nitrogens with one attached hydrogen (secondary N) is 2.